The molecule has 5 nitrogen and oxygen atoms in total. The Morgan fingerprint density at radius 1 is 1.40 bits per heavy atom. The summed E-state index contributed by atoms with van der Waals surface area (Å²) < 4.78 is 0. The van der Waals surface area contributed by atoms with Gasteiger partial charge in [0.05, 0.1) is 5.69 Å². The number of thiazole rings is 1. The fraction of sp³-hybridized carbons (Fsp3) is 0.643. The molecule has 1 aromatic rings. The van der Waals surface area contributed by atoms with Crippen LogP contribution in [0.15, 0.2) is 0 Å². The molecule has 1 aliphatic rings. The predicted octanol–water partition coefficient (Wildman–Crippen LogP) is 2.49. The van der Waals surface area contributed by atoms with Crippen molar-refractivity contribution < 1.29 is 9.59 Å². The zero-order chi connectivity index (χ0) is 14.7. The third-order valence-corrected chi connectivity index (χ3v) is 4.79. The molecule has 1 aliphatic heterocycles. The van der Waals surface area contributed by atoms with E-state index in [1.54, 1.807) is 4.90 Å². The van der Waals surface area contributed by atoms with Crippen LogP contribution in [0.5, 0.6) is 0 Å². The highest BCUT2D eigenvalue weighted by Crippen LogP contribution is 2.22. The van der Waals surface area contributed by atoms with Crippen molar-refractivity contribution >= 4 is 28.3 Å². The molecule has 0 spiro atoms. The van der Waals surface area contributed by atoms with Crippen LogP contribution < -0.4 is 5.32 Å². The number of piperidine rings is 1. The molecule has 2 rings (SSSR count). The fourth-order valence-corrected chi connectivity index (χ4v) is 3.31. The molecule has 110 valence electrons. The zero-order valence-corrected chi connectivity index (χ0v) is 13.0. The van der Waals surface area contributed by atoms with Gasteiger partial charge in [-0.05, 0) is 39.5 Å². The lowest BCUT2D eigenvalue weighted by molar-refractivity contribution is -0.145. The number of aryl methyl sites for hydroxylation is 2. The average Bonchev–Trinajstić information content (AvgIpc) is 2.76. The summed E-state index contributed by atoms with van der Waals surface area (Å²) in [5, 5.41) is 3.13. The summed E-state index contributed by atoms with van der Waals surface area (Å²) in [5.41, 5.74) is 0.891. The van der Waals surface area contributed by atoms with Crippen LogP contribution in [0.3, 0.4) is 0 Å². The molecule has 1 N–H and O–H groups in total. The minimum atomic E-state index is -0.570. The molecular formula is C14H21N3O2S. The van der Waals surface area contributed by atoms with E-state index in [9.17, 15) is 9.59 Å². The van der Waals surface area contributed by atoms with Crippen LogP contribution in [-0.2, 0) is 9.59 Å². The summed E-state index contributed by atoms with van der Waals surface area (Å²) in [6, 6.07) is 0.196. The van der Waals surface area contributed by atoms with Gasteiger partial charge in [-0.2, -0.15) is 0 Å². The van der Waals surface area contributed by atoms with Crippen LogP contribution in [0.25, 0.3) is 0 Å². The number of amides is 2. The van der Waals surface area contributed by atoms with Crippen molar-refractivity contribution in [2.75, 3.05) is 11.9 Å². The number of hydrogen-bond donors (Lipinski definition) is 1. The average molecular weight is 295 g/mol. The lowest BCUT2D eigenvalue weighted by atomic mass is 10.00. The normalized spacial score (nSPS) is 18.9. The van der Waals surface area contributed by atoms with Crippen molar-refractivity contribution in [1.29, 1.82) is 0 Å². The molecule has 0 aromatic carbocycles. The number of rotatable bonds is 2. The Morgan fingerprint density at radius 3 is 2.75 bits per heavy atom. The number of aromatic nitrogens is 1. The SMILES string of the molecule is CCC1CCCCN1C(=O)C(=O)Nc1nc(C)c(C)s1. The monoisotopic (exact) mass is 295 g/mol. The lowest BCUT2D eigenvalue weighted by Gasteiger charge is -2.34. The second-order valence-electron chi connectivity index (χ2n) is 5.17. The number of likely N-dealkylation sites (tertiary alicyclic amines) is 1. The van der Waals surface area contributed by atoms with E-state index in [1.807, 2.05) is 13.8 Å². The molecule has 1 fully saturated rings. The summed E-state index contributed by atoms with van der Waals surface area (Å²) in [7, 11) is 0. The highest BCUT2D eigenvalue weighted by molar-refractivity contribution is 7.15. The van der Waals surface area contributed by atoms with Gasteiger partial charge in [0, 0.05) is 17.5 Å². The molecule has 2 amide bonds. The molecule has 20 heavy (non-hydrogen) atoms. The van der Waals surface area contributed by atoms with Gasteiger partial charge in [0.25, 0.3) is 0 Å². The van der Waals surface area contributed by atoms with E-state index in [0.717, 1.165) is 36.3 Å². The number of carbonyl (C=O) groups excluding carboxylic acids is 2. The van der Waals surface area contributed by atoms with E-state index >= 15 is 0 Å². The van der Waals surface area contributed by atoms with E-state index in [2.05, 4.69) is 17.2 Å². The van der Waals surface area contributed by atoms with Gasteiger partial charge in [-0.15, -0.1) is 11.3 Å². The van der Waals surface area contributed by atoms with Gasteiger partial charge in [0.15, 0.2) is 5.13 Å². The highest BCUT2D eigenvalue weighted by Gasteiger charge is 2.30. The molecule has 0 bridgehead atoms. The van der Waals surface area contributed by atoms with Crippen LogP contribution in [0, 0.1) is 13.8 Å². The van der Waals surface area contributed by atoms with Gasteiger partial charge in [-0.25, -0.2) is 4.98 Å². The summed E-state index contributed by atoms with van der Waals surface area (Å²) in [6.45, 7) is 6.58. The molecule has 0 aliphatic carbocycles. The Hall–Kier alpha value is -1.43. The summed E-state index contributed by atoms with van der Waals surface area (Å²) >= 11 is 1.40. The third-order valence-electron chi connectivity index (χ3n) is 3.80. The number of hydrogen-bond acceptors (Lipinski definition) is 4. The van der Waals surface area contributed by atoms with Gasteiger partial charge in [0.2, 0.25) is 0 Å². The molecular weight excluding hydrogens is 274 g/mol. The first-order chi connectivity index (χ1) is 9.52. The summed E-state index contributed by atoms with van der Waals surface area (Å²) in [4.78, 5) is 31.3. The molecule has 1 atom stereocenters. The Kier molecular flexibility index (Phi) is 4.75. The first-order valence-corrected chi connectivity index (χ1v) is 7.90. The van der Waals surface area contributed by atoms with Crippen LogP contribution in [0.2, 0.25) is 0 Å². The molecule has 2 heterocycles. The van der Waals surface area contributed by atoms with Crippen molar-refractivity contribution in [2.24, 2.45) is 0 Å². The Morgan fingerprint density at radius 2 is 2.15 bits per heavy atom. The Balaban J connectivity index is 2.02. The van der Waals surface area contributed by atoms with Gasteiger partial charge in [-0.3, -0.25) is 14.9 Å². The van der Waals surface area contributed by atoms with Crippen LogP contribution in [-0.4, -0.2) is 34.3 Å². The molecule has 1 aromatic heterocycles. The lowest BCUT2D eigenvalue weighted by Crippen LogP contribution is -2.48. The van der Waals surface area contributed by atoms with E-state index in [0.29, 0.717) is 11.7 Å². The van der Waals surface area contributed by atoms with Crippen molar-refractivity contribution in [2.45, 2.75) is 52.5 Å². The van der Waals surface area contributed by atoms with Crippen molar-refractivity contribution in [1.82, 2.24) is 9.88 Å². The van der Waals surface area contributed by atoms with Crippen LogP contribution in [0.4, 0.5) is 5.13 Å². The second kappa shape index (κ2) is 6.35. The molecule has 1 unspecified atom stereocenters. The molecule has 1 saturated heterocycles. The minimum Gasteiger partial charge on any atom is -0.331 e. The molecule has 0 saturated carbocycles. The zero-order valence-electron chi connectivity index (χ0n) is 12.2. The standard InChI is InChI=1S/C14H21N3O2S/c1-4-11-7-5-6-8-17(11)13(19)12(18)16-14-15-9(2)10(3)20-14/h11H,4-8H2,1-3H3,(H,15,16,18). The van der Waals surface area contributed by atoms with Crippen molar-refractivity contribution in [3.63, 3.8) is 0 Å². The number of carbonyl (C=O) groups is 2. The first-order valence-electron chi connectivity index (χ1n) is 7.09. The number of nitrogens with zero attached hydrogens (tertiary/aromatic N) is 2. The topological polar surface area (TPSA) is 62.3 Å². The van der Waals surface area contributed by atoms with E-state index < -0.39 is 11.8 Å². The maximum atomic E-state index is 12.3. The molecule has 6 heteroatoms. The van der Waals surface area contributed by atoms with Gasteiger partial charge in [-0.1, -0.05) is 6.92 Å². The van der Waals surface area contributed by atoms with Crippen LogP contribution in [0.1, 0.15) is 43.2 Å². The quantitative estimate of drug-likeness (QED) is 0.853. The summed E-state index contributed by atoms with van der Waals surface area (Å²) in [5.74, 6) is -0.999. The summed E-state index contributed by atoms with van der Waals surface area (Å²) in [6.07, 6.45) is 4.00. The first kappa shape index (κ1) is 15.0. The fourth-order valence-electron chi connectivity index (χ4n) is 2.50. The van der Waals surface area contributed by atoms with Gasteiger partial charge in [0.1, 0.15) is 0 Å². The van der Waals surface area contributed by atoms with Crippen molar-refractivity contribution in [3.8, 4) is 0 Å². The number of anilines is 1. The molecule has 0 radical (unpaired) electrons. The third kappa shape index (κ3) is 3.17. The van der Waals surface area contributed by atoms with Crippen LogP contribution >= 0.6 is 11.3 Å². The van der Waals surface area contributed by atoms with Crippen molar-refractivity contribution in [3.05, 3.63) is 10.6 Å². The van der Waals surface area contributed by atoms with Gasteiger partial charge < -0.3 is 4.90 Å². The minimum absolute atomic E-state index is 0.196. The highest BCUT2D eigenvalue weighted by atomic mass is 32.1. The van der Waals surface area contributed by atoms with Gasteiger partial charge >= 0.3 is 11.8 Å². The smallest absolute Gasteiger partial charge is 0.315 e. The predicted molar refractivity (Wildman–Crippen MR) is 79.9 cm³/mol. The Labute approximate surface area is 123 Å². The Bertz CT molecular complexity index is 493. The largest absolute Gasteiger partial charge is 0.331 e. The second-order valence-corrected chi connectivity index (χ2v) is 6.37. The number of nitrogens with one attached hydrogen (secondary N) is 1. The maximum Gasteiger partial charge on any atom is 0.315 e. The maximum absolute atomic E-state index is 12.3. The van der Waals surface area contributed by atoms with E-state index in [1.165, 1.54) is 11.3 Å². The van der Waals surface area contributed by atoms with E-state index in [-0.39, 0.29) is 6.04 Å². The van der Waals surface area contributed by atoms with E-state index in [4.69, 9.17) is 0 Å².